The molecule has 8 heteroatoms. The number of nitrogens with zero attached hydrogens (tertiary/aromatic N) is 2. The number of aromatic hydroxyl groups is 1. The van der Waals surface area contributed by atoms with Crippen LogP contribution in [0.15, 0.2) is 17.2 Å². The van der Waals surface area contributed by atoms with Crippen molar-refractivity contribution >= 4 is 17.8 Å². The lowest BCUT2D eigenvalue weighted by Crippen LogP contribution is -2.22. The van der Waals surface area contributed by atoms with Crippen LogP contribution < -0.4 is 10.2 Å². The van der Waals surface area contributed by atoms with E-state index in [1.165, 1.54) is 7.11 Å². The number of nitro groups is 1. The van der Waals surface area contributed by atoms with Gasteiger partial charge in [0.15, 0.2) is 11.5 Å². The first kappa shape index (κ1) is 15.4. The summed E-state index contributed by atoms with van der Waals surface area (Å²) in [6, 6.07) is 2.22. The quantitative estimate of drug-likeness (QED) is 0.481. The highest BCUT2D eigenvalue weighted by atomic mass is 16.6. The van der Waals surface area contributed by atoms with Crippen molar-refractivity contribution in [3.63, 3.8) is 0 Å². The van der Waals surface area contributed by atoms with Gasteiger partial charge < -0.3 is 9.84 Å². The fraction of sp³-hybridized carbons (Fsp3) is 0.333. The van der Waals surface area contributed by atoms with Crippen LogP contribution in [0, 0.1) is 16.0 Å². The molecule has 1 aromatic rings. The summed E-state index contributed by atoms with van der Waals surface area (Å²) in [5.41, 5.74) is 2.07. The van der Waals surface area contributed by atoms with Gasteiger partial charge in [-0.25, -0.2) is 5.43 Å². The lowest BCUT2D eigenvalue weighted by molar-refractivity contribution is -0.385. The molecule has 0 radical (unpaired) electrons. The van der Waals surface area contributed by atoms with Gasteiger partial charge in [0.2, 0.25) is 5.91 Å². The summed E-state index contributed by atoms with van der Waals surface area (Å²) >= 11 is 0. The van der Waals surface area contributed by atoms with Crippen LogP contribution in [0.4, 0.5) is 5.69 Å². The van der Waals surface area contributed by atoms with Crippen molar-refractivity contribution in [1.82, 2.24) is 5.43 Å². The Kier molecular flexibility index (Phi) is 5.01. The number of ether oxygens (including phenoxy) is 1. The Morgan fingerprint density at radius 3 is 2.70 bits per heavy atom. The topological polar surface area (TPSA) is 114 Å². The zero-order chi connectivity index (χ0) is 15.3. The minimum Gasteiger partial charge on any atom is -0.504 e. The molecule has 0 unspecified atom stereocenters. The van der Waals surface area contributed by atoms with Gasteiger partial charge in [0.25, 0.3) is 5.69 Å². The minimum absolute atomic E-state index is 0.0455. The fourth-order valence-corrected chi connectivity index (χ4v) is 1.27. The van der Waals surface area contributed by atoms with E-state index in [1.54, 1.807) is 13.8 Å². The molecule has 0 heterocycles. The van der Waals surface area contributed by atoms with Crippen LogP contribution in [-0.4, -0.2) is 29.3 Å². The third-order valence-electron chi connectivity index (χ3n) is 2.42. The van der Waals surface area contributed by atoms with Gasteiger partial charge in [-0.1, -0.05) is 13.8 Å². The normalized spacial score (nSPS) is 10.8. The molecule has 0 aromatic heterocycles. The van der Waals surface area contributed by atoms with Gasteiger partial charge in [0.05, 0.1) is 24.3 Å². The number of methoxy groups -OCH3 is 1. The van der Waals surface area contributed by atoms with Gasteiger partial charge in [0.1, 0.15) is 0 Å². The molecule has 0 aliphatic carbocycles. The number of nitro benzene ring substituents is 1. The van der Waals surface area contributed by atoms with Crippen LogP contribution in [0.25, 0.3) is 0 Å². The Bertz CT molecular complexity index is 554. The van der Waals surface area contributed by atoms with E-state index in [9.17, 15) is 20.0 Å². The van der Waals surface area contributed by atoms with E-state index in [0.29, 0.717) is 0 Å². The third kappa shape index (κ3) is 3.67. The van der Waals surface area contributed by atoms with E-state index in [-0.39, 0.29) is 34.6 Å². The standard InChI is InChI=1S/C12H15N3O5/c1-7(2)12(17)14-13-6-8-4-9(15(18)19)5-10(20-3)11(8)16/h4-7,16H,1-3H3,(H,14,17)/b13-6-. The number of rotatable bonds is 5. The molecular weight excluding hydrogens is 266 g/mol. The number of hydrogen-bond acceptors (Lipinski definition) is 6. The van der Waals surface area contributed by atoms with Gasteiger partial charge in [-0.2, -0.15) is 5.10 Å². The molecule has 0 saturated carbocycles. The average Bonchev–Trinajstić information content (AvgIpc) is 2.39. The Morgan fingerprint density at radius 2 is 2.20 bits per heavy atom. The molecule has 1 aromatic carbocycles. The predicted octanol–water partition coefficient (Wildman–Crippen LogP) is 1.42. The summed E-state index contributed by atoms with van der Waals surface area (Å²) in [5.74, 6) is -0.894. The number of non-ortho nitro benzene ring substituents is 1. The Labute approximate surface area is 115 Å². The van der Waals surface area contributed by atoms with E-state index in [2.05, 4.69) is 10.5 Å². The number of carbonyl (C=O) groups is 1. The number of phenolic OH excluding ortho intramolecular Hbond substituents is 1. The number of nitrogens with one attached hydrogen (secondary N) is 1. The van der Waals surface area contributed by atoms with E-state index in [1.807, 2.05) is 0 Å². The van der Waals surface area contributed by atoms with Crippen molar-refractivity contribution in [3.05, 3.63) is 27.8 Å². The maximum Gasteiger partial charge on any atom is 0.274 e. The van der Waals surface area contributed by atoms with Crippen LogP contribution in [0.2, 0.25) is 0 Å². The Hall–Kier alpha value is -2.64. The van der Waals surface area contributed by atoms with Crippen molar-refractivity contribution in [2.24, 2.45) is 11.0 Å². The smallest absolute Gasteiger partial charge is 0.274 e. The van der Waals surface area contributed by atoms with Gasteiger partial charge in [0, 0.05) is 17.5 Å². The zero-order valence-corrected chi connectivity index (χ0v) is 11.3. The maximum atomic E-state index is 11.3. The lowest BCUT2D eigenvalue weighted by Gasteiger charge is -2.06. The molecule has 0 saturated heterocycles. The number of hydrogen-bond donors (Lipinski definition) is 2. The second-order valence-electron chi connectivity index (χ2n) is 4.23. The average molecular weight is 281 g/mol. The SMILES string of the molecule is COc1cc([N+](=O)[O-])cc(/C=N\NC(=O)C(C)C)c1O. The number of hydrazone groups is 1. The van der Waals surface area contributed by atoms with E-state index < -0.39 is 4.92 Å². The van der Waals surface area contributed by atoms with E-state index in [0.717, 1.165) is 18.3 Å². The fourth-order valence-electron chi connectivity index (χ4n) is 1.27. The minimum atomic E-state index is -0.619. The van der Waals surface area contributed by atoms with Gasteiger partial charge in [-0.05, 0) is 0 Å². The highest BCUT2D eigenvalue weighted by molar-refractivity contribution is 5.87. The van der Waals surface area contributed by atoms with Gasteiger partial charge in [-0.3, -0.25) is 14.9 Å². The highest BCUT2D eigenvalue weighted by Crippen LogP contribution is 2.33. The van der Waals surface area contributed by atoms with Crippen molar-refractivity contribution in [2.75, 3.05) is 7.11 Å². The summed E-state index contributed by atoms with van der Waals surface area (Å²) in [5, 5.41) is 24.2. The molecule has 0 bridgehead atoms. The molecule has 1 amide bonds. The molecule has 8 nitrogen and oxygen atoms in total. The van der Waals surface area contributed by atoms with E-state index in [4.69, 9.17) is 4.74 Å². The lowest BCUT2D eigenvalue weighted by atomic mass is 10.1. The molecule has 0 fully saturated rings. The first-order chi connectivity index (χ1) is 9.36. The summed E-state index contributed by atoms with van der Waals surface area (Å²) in [6.45, 7) is 3.39. The number of phenols is 1. The Balaban J connectivity index is 3.05. The van der Waals surface area contributed by atoms with Crippen LogP contribution in [0.1, 0.15) is 19.4 Å². The number of amides is 1. The summed E-state index contributed by atoms with van der Waals surface area (Å²) in [6.07, 6.45) is 1.12. The molecule has 0 aliphatic rings. The molecule has 1 rings (SSSR count). The summed E-state index contributed by atoms with van der Waals surface area (Å²) in [7, 11) is 1.28. The molecule has 2 N–H and O–H groups in total. The monoisotopic (exact) mass is 281 g/mol. The molecule has 0 spiro atoms. The van der Waals surface area contributed by atoms with E-state index >= 15 is 0 Å². The second-order valence-corrected chi connectivity index (χ2v) is 4.23. The molecule has 108 valence electrons. The molecule has 0 aliphatic heterocycles. The van der Waals surface area contributed by atoms with Gasteiger partial charge >= 0.3 is 0 Å². The summed E-state index contributed by atoms with van der Waals surface area (Å²) in [4.78, 5) is 21.4. The Morgan fingerprint density at radius 1 is 1.55 bits per heavy atom. The number of carbonyl (C=O) groups excluding carboxylic acids is 1. The van der Waals surface area contributed by atoms with Crippen LogP contribution in [-0.2, 0) is 4.79 Å². The first-order valence-corrected chi connectivity index (χ1v) is 5.75. The third-order valence-corrected chi connectivity index (χ3v) is 2.42. The number of benzene rings is 1. The molecular formula is C12H15N3O5. The van der Waals surface area contributed by atoms with Crippen molar-refractivity contribution < 1.29 is 19.6 Å². The molecule has 0 atom stereocenters. The molecule has 20 heavy (non-hydrogen) atoms. The highest BCUT2D eigenvalue weighted by Gasteiger charge is 2.15. The second kappa shape index (κ2) is 6.50. The zero-order valence-electron chi connectivity index (χ0n) is 11.3. The van der Waals surface area contributed by atoms with Crippen molar-refractivity contribution in [1.29, 1.82) is 0 Å². The maximum absolute atomic E-state index is 11.3. The van der Waals surface area contributed by atoms with Crippen molar-refractivity contribution in [3.8, 4) is 11.5 Å². The first-order valence-electron chi connectivity index (χ1n) is 5.75. The summed E-state index contributed by atoms with van der Waals surface area (Å²) < 4.78 is 4.84. The van der Waals surface area contributed by atoms with Crippen LogP contribution in [0.3, 0.4) is 0 Å². The van der Waals surface area contributed by atoms with Crippen LogP contribution in [0.5, 0.6) is 11.5 Å². The van der Waals surface area contributed by atoms with Crippen LogP contribution >= 0.6 is 0 Å². The van der Waals surface area contributed by atoms with Gasteiger partial charge in [-0.15, -0.1) is 0 Å². The predicted molar refractivity (Wildman–Crippen MR) is 71.9 cm³/mol. The largest absolute Gasteiger partial charge is 0.504 e. The van der Waals surface area contributed by atoms with Crippen molar-refractivity contribution in [2.45, 2.75) is 13.8 Å².